The topological polar surface area (TPSA) is 266 Å². The lowest BCUT2D eigenvalue weighted by Crippen LogP contribution is -2.61. The molecule has 1 aliphatic rings. The van der Waals surface area contributed by atoms with Crippen molar-refractivity contribution in [2.45, 2.75) is 115 Å². The van der Waals surface area contributed by atoms with E-state index in [0.29, 0.717) is 29.7 Å². The van der Waals surface area contributed by atoms with Crippen LogP contribution in [0.25, 0.3) is 0 Å². The molecular formula is C43H61N7O10S. The molecule has 0 bridgehead atoms. The molecule has 1 aliphatic heterocycles. The van der Waals surface area contributed by atoms with E-state index >= 15 is 0 Å². The second-order valence-electron chi connectivity index (χ2n) is 16.0. The Bertz CT molecular complexity index is 1820. The molecule has 0 radical (unpaired) electrons. The van der Waals surface area contributed by atoms with Gasteiger partial charge in [-0.3, -0.25) is 33.6 Å². The van der Waals surface area contributed by atoms with Gasteiger partial charge in [0.05, 0.1) is 12.5 Å². The number of hydrogen-bond acceptors (Lipinski definition) is 10. The van der Waals surface area contributed by atoms with E-state index in [-0.39, 0.29) is 38.1 Å². The second-order valence-corrected chi connectivity index (χ2v) is 17.0. The first-order valence-electron chi connectivity index (χ1n) is 20.5. The minimum Gasteiger partial charge on any atom is -0.481 e. The smallest absolute Gasteiger partial charge is 0.326 e. The minimum absolute atomic E-state index is 0.00235. The van der Waals surface area contributed by atoms with Crippen LogP contribution in [0, 0.1) is 11.8 Å². The molecule has 9 N–H and O–H groups in total. The van der Waals surface area contributed by atoms with Crippen LogP contribution in [0.15, 0.2) is 60.7 Å². The number of aliphatic carboxylic acids is 2. The molecule has 1 heterocycles. The highest BCUT2D eigenvalue weighted by Gasteiger charge is 2.40. The number of nitrogens with zero attached hydrogens (tertiary/aromatic N) is 1. The third-order valence-electron chi connectivity index (χ3n) is 10.2. The third kappa shape index (κ3) is 16.1. The van der Waals surface area contributed by atoms with E-state index in [1.165, 1.54) is 4.90 Å². The fraction of sp³-hybridized carbons (Fsp3) is 0.535. The number of nitrogens with one attached hydrogen (secondary N) is 5. The third-order valence-corrected chi connectivity index (χ3v) is 10.8. The van der Waals surface area contributed by atoms with Crippen LogP contribution in [0.5, 0.6) is 0 Å². The first kappa shape index (κ1) is 49.9. The Morgan fingerprint density at radius 3 is 1.79 bits per heavy atom. The van der Waals surface area contributed by atoms with E-state index in [0.717, 1.165) is 0 Å². The lowest BCUT2D eigenvalue weighted by atomic mass is 9.98. The molecule has 1 saturated heterocycles. The van der Waals surface area contributed by atoms with Crippen LogP contribution in [-0.2, 0) is 51.2 Å². The molecule has 17 nitrogen and oxygen atoms in total. The first-order valence-corrected chi connectivity index (χ1v) is 21.9. The van der Waals surface area contributed by atoms with E-state index in [9.17, 15) is 43.5 Å². The van der Waals surface area contributed by atoms with E-state index in [1.54, 1.807) is 86.3 Å². The van der Waals surface area contributed by atoms with Crippen molar-refractivity contribution in [3.05, 3.63) is 71.8 Å². The van der Waals surface area contributed by atoms with Crippen LogP contribution in [0.4, 0.5) is 0 Å². The van der Waals surface area contributed by atoms with Crippen molar-refractivity contribution in [3.63, 3.8) is 0 Å². The zero-order valence-electron chi connectivity index (χ0n) is 35.4. The summed E-state index contributed by atoms with van der Waals surface area (Å²) in [4.78, 5) is 107. The summed E-state index contributed by atoms with van der Waals surface area (Å²) < 4.78 is 0. The Morgan fingerprint density at radius 2 is 1.26 bits per heavy atom. The van der Waals surface area contributed by atoms with Crippen LogP contribution in [0.1, 0.15) is 70.9 Å². The summed E-state index contributed by atoms with van der Waals surface area (Å²) in [7, 11) is 0. The Kier molecular flexibility index (Phi) is 20.2. The summed E-state index contributed by atoms with van der Waals surface area (Å²) in [5.74, 6) is -6.80. The molecule has 0 aliphatic carbocycles. The maximum Gasteiger partial charge on any atom is 0.326 e. The van der Waals surface area contributed by atoms with Crippen LogP contribution < -0.4 is 32.3 Å². The van der Waals surface area contributed by atoms with Gasteiger partial charge in [-0.1, -0.05) is 88.4 Å². The molecule has 0 aromatic heterocycles. The first-order chi connectivity index (χ1) is 28.9. The van der Waals surface area contributed by atoms with Gasteiger partial charge < -0.3 is 47.4 Å². The normalized spacial score (nSPS) is 16.7. The molecule has 7 atom stereocenters. The SMILES string of the molecule is CSCC[C@H](N)C(=O)N[C@@H](CC(C)C)C(=O)N[C@@H](Cc1ccccc1)C(=O)N[C@H](C(=O)N[C@@H](Cc1ccccc1)C(=O)N1CCC[C@H]1C(=O)N[C@@H](CC(=O)O)C(=O)O)C(C)C. The number of carbonyl (C=O) groups is 8. The van der Waals surface area contributed by atoms with Gasteiger partial charge in [0.15, 0.2) is 0 Å². The lowest BCUT2D eigenvalue weighted by Gasteiger charge is -2.31. The number of hydrogen-bond donors (Lipinski definition) is 8. The molecule has 6 amide bonds. The number of amides is 6. The van der Waals surface area contributed by atoms with Gasteiger partial charge in [-0.2, -0.15) is 11.8 Å². The summed E-state index contributed by atoms with van der Waals surface area (Å²) in [6.45, 7) is 7.31. The van der Waals surface area contributed by atoms with Gasteiger partial charge >= 0.3 is 11.9 Å². The van der Waals surface area contributed by atoms with E-state index in [1.807, 2.05) is 20.1 Å². The Morgan fingerprint density at radius 1 is 0.721 bits per heavy atom. The highest BCUT2D eigenvalue weighted by Crippen LogP contribution is 2.21. The molecule has 2 aromatic carbocycles. The highest BCUT2D eigenvalue weighted by molar-refractivity contribution is 7.98. The van der Waals surface area contributed by atoms with E-state index in [2.05, 4.69) is 26.6 Å². The summed E-state index contributed by atoms with van der Waals surface area (Å²) in [5.41, 5.74) is 7.49. The molecule has 3 rings (SSSR count). The van der Waals surface area contributed by atoms with E-state index < -0.39 is 102 Å². The van der Waals surface area contributed by atoms with Crippen LogP contribution in [0.2, 0.25) is 0 Å². The van der Waals surface area contributed by atoms with Gasteiger partial charge in [0.25, 0.3) is 0 Å². The van der Waals surface area contributed by atoms with Gasteiger partial charge in [-0.15, -0.1) is 0 Å². The van der Waals surface area contributed by atoms with Crippen molar-refractivity contribution in [3.8, 4) is 0 Å². The number of carboxylic acid groups (broad SMARTS) is 2. The number of thioether (sulfide) groups is 1. The molecule has 1 fully saturated rings. The number of benzene rings is 2. The predicted octanol–water partition coefficient (Wildman–Crippen LogP) is 1.23. The van der Waals surface area contributed by atoms with Crippen molar-refractivity contribution in [1.82, 2.24) is 31.5 Å². The number of likely N-dealkylation sites (tertiary alicyclic amines) is 1. The maximum absolute atomic E-state index is 14.3. The number of carboxylic acids is 2. The molecular weight excluding hydrogens is 807 g/mol. The van der Waals surface area contributed by atoms with Gasteiger partial charge in [0.2, 0.25) is 35.4 Å². The molecule has 0 spiro atoms. The molecule has 61 heavy (non-hydrogen) atoms. The predicted molar refractivity (Wildman–Crippen MR) is 230 cm³/mol. The van der Waals surface area contributed by atoms with Crippen LogP contribution in [-0.4, -0.2) is 123 Å². The standard InChI is InChI=1S/C43H61N7O10S/c1-25(2)21-30(45-37(53)29(44)18-20-61-5)38(54)46-31(22-27-13-8-6-9-14-27)39(55)49-36(26(3)4)41(57)47-32(23-28-15-10-7-11-16-28)42(58)50-19-12-17-34(50)40(56)48-33(43(59)60)24-35(51)52/h6-11,13-16,25-26,29-34,36H,12,17-24,44H2,1-5H3,(H,45,53)(H,46,54)(H,47,57)(H,48,56)(H,49,55)(H,51,52)(H,59,60)/t29-,30-,31-,32-,33-,34-,36-/m0/s1. The Balaban J connectivity index is 1.89. The number of rotatable bonds is 24. The van der Waals surface area contributed by atoms with Crippen molar-refractivity contribution in [2.75, 3.05) is 18.6 Å². The Labute approximate surface area is 361 Å². The minimum atomic E-state index is -1.72. The molecule has 0 saturated carbocycles. The van der Waals surface area contributed by atoms with Gasteiger partial charge in [0.1, 0.15) is 36.3 Å². The molecule has 334 valence electrons. The fourth-order valence-corrected chi connectivity index (χ4v) is 7.42. The largest absolute Gasteiger partial charge is 0.481 e. The van der Waals surface area contributed by atoms with Crippen molar-refractivity contribution >= 4 is 59.1 Å². The zero-order chi connectivity index (χ0) is 45.2. The second kappa shape index (κ2) is 24.7. The van der Waals surface area contributed by atoms with Crippen molar-refractivity contribution < 1.29 is 48.6 Å². The fourth-order valence-electron chi connectivity index (χ4n) is 6.94. The maximum atomic E-state index is 14.3. The van der Waals surface area contributed by atoms with Gasteiger partial charge in [0, 0.05) is 19.4 Å². The van der Waals surface area contributed by atoms with Crippen molar-refractivity contribution in [1.29, 1.82) is 0 Å². The quantitative estimate of drug-likeness (QED) is 0.0741. The summed E-state index contributed by atoms with van der Waals surface area (Å²) in [6, 6.07) is 9.45. The summed E-state index contributed by atoms with van der Waals surface area (Å²) in [6.07, 6.45) is 2.32. The lowest BCUT2D eigenvalue weighted by molar-refractivity contribution is -0.148. The van der Waals surface area contributed by atoms with Crippen molar-refractivity contribution in [2.24, 2.45) is 17.6 Å². The molecule has 0 unspecified atom stereocenters. The molecule has 18 heteroatoms. The van der Waals surface area contributed by atoms with Crippen LogP contribution in [0.3, 0.4) is 0 Å². The highest BCUT2D eigenvalue weighted by atomic mass is 32.2. The summed E-state index contributed by atoms with van der Waals surface area (Å²) >= 11 is 1.54. The van der Waals surface area contributed by atoms with Gasteiger partial charge in [-0.25, -0.2) is 4.79 Å². The zero-order valence-corrected chi connectivity index (χ0v) is 36.2. The van der Waals surface area contributed by atoms with Gasteiger partial charge in [-0.05, 0) is 60.7 Å². The monoisotopic (exact) mass is 867 g/mol. The average molecular weight is 868 g/mol. The van der Waals surface area contributed by atoms with E-state index in [4.69, 9.17) is 10.8 Å². The summed E-state index contributed by atoms with van der Waals surface area (Å²) in [5, 5.41) is 32.0. The number of carbonyl (C=O) groups excluding carboxylic acids is 6. The van der Waals surface area contributed by atoms with Crippen LogP contribution >= 0.6 is 11.8 Å². The number of nitrogens with two attached hydrogens (primary N) is 1. The Hall–Kier alpha value is -5.49. The average Bonchev–Trinajstić information content (AvgIpc) is 3.71. The molecule has 2 aromatic rings.